The largest absolute Gasteiger partial charge is 0.461 e. The zero-order chi connectivity index (χ0) is 19.3. The second kappa shape index (κ2) is 5.75. The Bertz CT molecular complexity index is 1080. The van der Waals surface area contributed by atoms with Gasteiger partial charge in [-0.1, -0.05) is 11.6 Å². The molecular formula is C17H12ClN5O4. The second-order valence-corrected chi connectivity index (χ2v) is 6.28. The lowest BCUT2D eigenvalue weighted by Crippen LogP contribution is -2.43. The number of anilines is 1. The molecule has 2 aliphatic rings. The number of esters is 1. The molecular weight excluding hydrogens is 374 g/mol. The van der Waals surface area contributed by atoms with E-state index in [2.05, 4.69) is 15.5 Å². The number of nitrogens with one attached hydrogen (secondary N) is 2. The van der Waals surface area contributed by atoms with Crippen molar-refractivity contribution in [2.45, 2.75) is 12.3 Å². The normalized spacial score (nSPS) is 19.8. The molecule has 2 aromatic rings. The molecule has 10 heteroatoms. The summed E-state index contributed by atoms with van der Waals surface area (Å²) in [5.74, 6) is -1.68. The number of nitrogens with two attached hydrogens (primary N) is 1. The number of rotatable bonds is 2. The van der Waals surface area contributed by atoms with E-state index < -0.39 is 17.3 Å². The summed E-state index contributed by atoms with van der Waals surface area (Å²) < 4.78 is 10.4. The lowest BCUT2D eigenvalue weighted by atomic mass is 9.69. The number of amides is 1. The van der Waals surface area contributed by atoms with E-state index in [1.165, 1.54) is 6.07 Å². The molecule has 1 amide bonds. The Hall–Kier alpha value is -3.51. The number of benzene rings is 1. The number of ether oxygens (including phenoxy) is 2. The summed E-state index contributed by atoms with van der Waals surface area (Å²) in [5.41, 5.74) is 4.78. The summed E-state index contributed by atoms with van der Waals surface area (Å²) >= 11 is 6.14. The van der Waals surface area contributed by atoms with Crippen LogP contribution < -0.4 is 15.8 Å². The summed E-state index contributed by atoms with van der Waals surface area (Å²) in [6.45, 7) is 1.75. The van der Waals surface area contributed by atoms with Crippen molar-refractivity contribution in [1.82, 2.24) is 10.2 Å². The molecule has 0 saturated heterocycles. The Kier molecular flexibility index (Phi) is 3.61. The minimum Gasteiger partial charge on any atom is -0.461 e. The minimum atomic E-state index is -1.73. The van der Waals surface area contributed by atoms with Crippen LogP contribution in [-0.4, -0.2) is 28.7 Å². The first-order chi connectivity index (χ1) is 12.9. The molecule has 0 radical (unpaired) electrons. The molecule has 0 aliphatic carbocycles. The third-order valence-corrected chi connectivity index (χ3v) is 4.74. The molecule has 4 rings (SSSR count). The van der Waals surface area contributed by atoms with Crippen molar-refractivity contribution in [3.8, 4) is 11.9 Å². The Morgan fingerprint density at radius 2 is 2.30 bits per heavy atom. The average molecular weight is 386 g/mol. The average Bonchev–Trinajstić information content (AvgIpc) is 3.16. The van der Waals surface area contributed by atoms with E-state index in [1.807, 2.05) is 6.07 Å². The van der Waals surface area contributed by atoms with Crippen LogP contribution in [0.5, 0.6) is 5.88 Å². The van der Waals surface area contributed by atoms with Gasteiger partial charge in [0.05, 0.1) is 12.2 Å². The molecule has 0 saturated carbocycles. The smallest absolute Gasteiger partial charge is 0.356 e. The molecule has 4 N–H and O–H groups in total. The van der Waals surface area contributed by atoms with Gasteiger partial charge >= 0.3 is 5.97 Å². The van der Waals surface area contributed by atoms with Crippen molar-refractivity contribution in [2.24, 2.45) is 5.73 Å². The van der Waals surface area contributed by atoms with Crippen LogP contribution in [0.25, 0.3) is 0 Å². The number of fused-ring (bicyclic) bond motifs is 4. The number of aromatic amines is 1. The number of nitrogens with zero attached hydrogens (tertiary/aromatic N) is 2. The van der Waals surface area contributed by atoms with Crippen LogP contribution in [0, 0.1) is 11.3 Å². The number of aromatic nitrogens is 2. The number of nitriles is 1. The number of hydrogen-bond donors (Lipinski definition) is 3. The maximum absolute atomic E-state index is 13.2. The van der Waals surface area contributed by atoms with E-state index in [4.69, 9.17) is 26.8 Å². The van der Waals surface area contributed by atoms with Gasteiger partial charge < -0.3 is 20.5 Å². The monoisotopic (exact) mass is 385 g/mol. The SMILES string of the molecule is CCOC(=O)c1[nH]nc2c1C1(C(=O)Nc3ccc(Cl)cc31)C(C#N)=C(N)O2. The van der Waals surface area contributed by atoms with Gasteiger partial charge in [-0.3, -0.25) is 9.89 Å². The number of carbonyl (C=O) groups excluding carboxylic acids is 2. The molecule has 1 unspecified atom stereocenters. The molecule has 2 aliphatic heterocycles. The van der Waals surface area contributed by atoms with Gasteiger partial charge in [0, 0.05) is 16.3 Å². The Morgan fingerprint density at radius 3 is 3.00 bits per heavy atom. The van der Waals surface area contributed by atoms with Crippen LogP contribution in [0.4, 0.5) is 5.69 Å². The number of H-pyrrole nitrogens is 1. The summed E-state index contributed by atoms with van der Waals surface area (Å²) in [4.78, 5) is 25.6. The maximum atomic E-state index is 13.2. The van der Waals surface area contributed by atoms with Crippen molar-refractivity contribution in [3.63, 3.8) is 0 Å². The molecule has 136 valence electrons. The van der Waals surface area contributed by atoms with E-state index in [0.29, 0.717) is 16.3 Å². The van der Waals surface area contributed by atoms with Crippen LogP contribution in [-0.2, 0) is 14.9 Å². The molecule has 1 aromatic carbocycles. The van der Waals surface area contributed by atoms with Crippen molar-refractivity contribution in [2.75, 3.05) is 11.9 Å². The lowest BCUT2D eigenvalue weighted by Gasteiger charge is -2.31. The highest BCUT2D eigenvalue weighted by atomic mass is 35.5. The topological polar surface area (TPSA) is 143 Å². The van der Waals surface area contributed by atoms with Gasteiger partial charge in [0.15, 0.2) is 5.69 Å². The summed E-state index contributed by atoms with van der Waals surface area (Å²) in [6, 6.07) is 6.68. The predicted molar refractivity (Wildman–Crippen MR) is 92.9 cm³/mol. The zero-order valence-corrected chi connectivity index (χ0v) is 14.7. The first-order valence-corrected chi connectivity index (χ1v) is 8.28. The second-order valence-electron chi connectivity index (χ2n) is 5.85. The molecule has 1 aromatic heterocycles. The Morgan fingerprint density at radius 1 is 1.52 bits per heavy atom. The summed E-state index contributed by atoms with van der Waals surface area (Å²) in [6.07, 6.45) is 0. The van der Waals surface area contributed by atoms with Crippen molar-refractivity contribution in [1.29, 1.82) is 5.26 Å². The third-order valence-electron chi connectivity index (χ3n) is 4.50. The van der Waals surface area contributed by atoms with Gasteiger partial charge in [0.2, 0.25) is 17.7 Å². The maximum Gasteiger partial charge on any atom is 0.356 e. The predicted octanol–water partition coefficient (Wildman–Crippen LogP) is 1.56. The van der Waals surface area contributed by atoms with Gasteiger partial charge in [0.1, 0.15) is 17.1 Å². The van der Waals surface area contributed by atoms with Gasteiger partial charge in [-0.15, -0.1) is 5.10 Å². The Labute approximate surface area is 157 Å². The van der Waals surface area contributed by atoms with Gasteiger partial charge in [-0.2, -0.15) is 5.26 Å². The fraction of sp³-hybridized carbons (Fsp3) is 0.176. The molecule has 9 nitrogen and oxygen atoms in total. The van der Waals surface area contributed by atoms with Crippen LogP contribution >= 0.6 is 11.6 Å². The van der Waals surface area contributed by atoms with E-state index in [0.717, 1.165) is 0 Å². The fourth-order valence-corrected chi connectivity index (χ4v) is 3.64. The van der Waals surface area contributed by atoms with Crippen molar-refractivity contribution in [3.05, 3.63) is 51.5 Å². The highest BCUT2D eigenvalue weighted by Gasteiger charge is 2.59. The van der Waals surface area contributed by atoms with Crippen LogP contribution in [0.3, 0.4) is 0 Å². The lowest BCUT2D eigenvalue weighted by molar-refractivity contribution is -0.118. The number of hydrogen-bond acceptors (Lipinski definition) is 7. The highest BCUT2D eigenvalue weighted by molar-refractivity contribution is 6.31. The van der Waals surface area contributed by atoms with Crippen molar-refractivity contribution < 1.29 is 19.1 Å². The first kappa shape index (κ1) is 16.9. The van der Waals surface area contributed by atoms with E-state index in [1.54, 1.807) is 19.1 Å². The van der Waals surface area contributed by atoms with Gasteiger partial charge in [-0.05, 0) is 25.1 Å². The van der Waals surface area contributed by atoms with Crippen LogP contribution in [0.1, 0.15) is 28.5 Å². The van der Waals surface area contributed by atoms with Crippen LogP contribution in [0.2, 0.25) is 5.02 Å². The molecule has 0 fully saturated rings. The molecule has 1 spiro atoms. The van der Waals surface area contributed by atoms with E-state index in [-0.39, 0.29) is 35.2 Å². The summed E-state index contributed by atoms with van der Waals surface area (Å²) in [5, 5.41) is 19.3. The zero-order valence-electron chi connectivity index (χ0n) is 13.9. The first-order valence-electron chi connectivity index (χ1n) is 7.90. The Balaban J connectivity index is 2.11. The number of halogens is 1. The number of carbonyl (C=O) groups is 2. The van der Waals surface area contributed by atoms with Gasteiger partial charge in [0.25, 0.3) is 0 Å². The minimum absolute atomic E-state index is 0.0604. The molecule has 0 bridgehead atoms. The standard InChI is InChI=1S/C17H12ClN5O4/c1-2-26-15(24)12-11-14(23-22-12)27-13(20)9(6-19)17(11)8-5-7(18)3-4-10(8)21-16(17)25/h3-5H,2,20H2,1H3,(H,21,25)(H,22,23). The molecule has 1 atom stereocenters. The molecule has 27 heavy (non-hydrogen) atoms. The summed E-state index contributed by atoms with van der Waals surface area (Å²) in [7, 11) is 0. The van der Waals surface area contributed by atoms with E-state index in [9.17, 15) is 14.9 Å². The highest BCUT2D eigenvalue weighted by Crippen LogP contribution is 2.54. The van der Waals surface area contributed by atoms with Crippen molar-refractivity contribution >= 4 is 29.2 Å². The van der Waals surface area contributed by atoms with E-state index >= 15 is 0 Å². The quantitative estimate of drug-likeness (QED) is 0.665. The van der Waals surface area contributed by atoms with Crippen LogP contribution in [0.15, 0.2) is 29.7 Å². The van der Waals surface area contributed by atoms with Gasteiger partial charge in [-0.25, -0.2) is 4.79 Å². The third kappa shape index (κ3) is 2.07. The fourth-order valence-electron chi connectivity index (χ4n) is 3.47. The molecule has 3 heterocycles.